The van der Waals surface area contributed by atoms with E-state index in [0.717, 1.165) is 46.3 Å². The van der Waals surface area contributed by atoms with Crippen LogP contribution in [-0.2, 0) is 6.42 Å². The summed E-state index contributed by atoms with van der Waals surface area (Å²) in [5, 5.41) is 9.28. The normalized spacial score (nSPS) is 13.9. The number of hydrogen-bond acceptors (Lipinski definition) is 2. The lowest BCUT2D eigenvalue weighted by molar-refractivity contribution is 0.780. The second-order valence-electron chi connectivity index (χ2n) is 6.27. The minimum absolute atomic E-state index is 0.770. The Balaban J connectivity index is 1.91. The Morgan fingerprint density at radius 1 is 1.08 bits per heavy atom. The van der Waals surface area contributed by atoms with Crippen LogP contribution >= 0.6 is 11.6 Å². The summed E-state index contributed by atoms with van der Waals surface area (Å²) >= 11 is 6.34. The predicted molar refractivity (Wildman–Crippen MR) is 100 cm³/mol. The van der Waals surface area contributed by atoms with Crippen LogP contribution in [0.25, 0.3) is 16.9 Å². The van der Waals surface area contributed by atoms with Gasteiger partial charge in [0.25, 0.3) is 0 Å². The lowest BCUT2D eigenvalue weighted by Crippen LogP contribution is -2.07. The summed E-state index contributed by atoms with van der Waals surface area (Å²) in [6.45, 7) is 3.00. The molecule has 0 radical (unpaired) electrons. The van der Waals surface area contributed by atoms with Crippen LogP contribution in [0.5, 0.6) is 0 Å². The van der Waals surface area contributed by atoms with Gasteiger partial charge in [-0.3, -0.25) is 0 Å². The van der Waals surface area contributed by atoms with E-state index in [2.05, 4.69) is 35.6 Å². The van der Waals surface area contributed by atoms with E-state index in [1.54, 1.807) is 0 Å². The first-order valence-corrected chi connectivity index (χ1v) is 8.79. The van der Waals surface area contributed by atoms with Crippen molar-refractivity contribution in [3.05, 3.63) is 64.7 Å². The standard InChI is InChI=1S/C20H20ClN3/c1-14-10-11-16(13-18(14)21)24-20-17(9-5-6-12-22-20)19(23-24)15-7-3-2-4-8-15/h2-4,7-8,10-11,13,22H,5-6,9,12H2,1H3. The molecule has 3 nitrogen and oxygen atoms in total. The van der Waals surface area contributed by atoms with Crippen molar-refractivity contribution in [3.63, 3.8) is 0 Å². The molecule has 4 rings (SSSR count). The third-order valence-electron chi connectivity index (χ3n) is 4.58. The molecule has 0 saturated heterocycles. The van der Waals surface area contributed by atoms with E-state index in [1.807, 2.05) is 29.8 Å². The van der Waals surface area contributed by atoms with Gasteiger partial charge in [-0.15, -0.1) is 0 Å². The predicted octanol–water partition coefficient (Wildman–Crippen LogP) is 5.25. The average molecular weight is 338 g/mol. The molecule has 4 heteroatoms. The van der Waals surface area contributed by atoms with Crippen LogP contribution in [0, 0.1) is 6.92 Å². The highest BCUT2D eigenvalue weighted by molar-refractivity contribution is 6.31. The molecular weight excluding hydrogens is 318 g/mol. The highest BCUT2D eigenvalue weighted by Gasteiger charge is 2.21. The Morgan fingerprint density at radius 2 is 1.92 bits per heavy atom. The maximum atomic E-state index is 6.34. The van der Waals surface area contributed by atoms with Crippen LogP contribution in [0.1, 0.15) is 24.0 Å². The lowest BCUT2D eigenvalue weighted by Gasteiger charge is -2.10. The number of rotatable bonds is 2. The minimum Gasteiger partial charge on any atom is -0.370 e. The Labute approximate surface area is 147 Å². The van der Waals surface area contributed by atoms with Crippen molar-refractivity contribution in [2.75, 3.05) is 11.9 Å². The molecule has 2 aromatic carbocycles. The Hall–Kier alpha value is -2.26. The van der Waals surface area contributed by atoms with Crippen LogP contribution in [0.3, 0.4) is 0 Å². The van der Waals surface area contributed by atoms with Crippen LogP contribution < -0.4 is 5.32 Å². The van der Waals surface area contributed by atoms with E-state index in [1.165, 1.54) is 18.4 Å². The number of anilines is 1. The van der Waals surface area contributed by atoms with Gasteiger partial charge >= 0.3 is 0 Å². The first kappa shape index (κ1) is 15.3. The fraction of sp³-hybridized carbons (Fsp3) is 0.250. The molecule has 1 N–H and O–H groups in total. The monoisotopic (exact) mass is 337 g/mol. The van der Waals surface area contributed by atoms with Crippen LogP contribution in [-0.4, -0.2) is 16.3 Å². The van der Waals surface area contributed by atoms with Crippen LogP contribution in [0.15, 0.2) is 48.5 Å². The molecule has 1 aliphatic heterocycles. The van der Waals surface area contributed by atoms with Gasteiger partial charge < -0.3 is 5.32 Å². The van der Waals surface area contributed by atoms with E-state index in [4.69, 9.17) is 16.7 Å². The van der Waals surface area contributed by atoms with Crippen molar-refractivity contribution in [2.45, 2.75) is 26.2 Å². The zero-order valence-electron chi connectivity index (χ0n) is 13.7. The van der Waals surface area contributed by atoms with E-state index >= 15 is 0 Å². The van der Waals surface area contributed by atoms with Gasteiger partial charge in [0.05, 0.1) is 11.4 Å². The van der Waals surface area contributed by atoms with E-state index in [9.17, 15) is 0 Å². The van der Waals surface area contributed by atoms with E-state index in [-0.39, 0.29) is 0 Å². The molecule has 0 aliphatic carbocycles. The number of benzene rings is 2. The molecule has 0 saturated carbocycles. The topological polar surface area (TPSA) is 29.9 Å². The van der Waals surface area contributed by atoms with Gasteiger partial charge in [-0.05, 0) is 43.9 Å². The summed E-state index contributed by atoms with van der Waals surface area (Å²) in [6.07, 6.45) is 3.41. The first-order chi connectivity index (χ1) is 11.7. The molecule has 122 valence electrons. The quantitative estimate of drug-likeness (QED) is 0.692. The summed E-state index contributed by atoms with van der Waals surface area (Å²) in [5.74, 6) is 1.10. The molecule has 0 bridgehead atoms. The van der Waals surface area contributed by atoms with Gasteiger partial charge in [-0.2, -0.15) is 5.10 Å². The van der Waals surface area contributed by atoms with Crippen molar-refractivity contribution < 1.29 is 0 Å². The van der Waals surface area contributed by atoms with Crippen LogP contribution in [0.4, 0.5) is 5.82 Å². The summed E-state index contributed by atoms with van der Waals surface area (Å²) < 4.78 is 2.01. The largest absolute Gasteiger partial charge is 0.370 e. The van der Waals surface area contributed by atoms with Crippen molar-refractivity contribution >= 4 is 17.4 Å². The fourth-order valence-electron chi connectivity index (χ4n) is 3.23. The minimum atomic E-state index is 0.770. The van der Waals surface area contributed by atoms with E-state index < -0.39 is 0 Å². The third-order valence-corrected chi connectivity index (χ3v) is 4.98. The molecule has 0 atom stereocenters. The van der Waals surface area contributed by atoms with Gasteiger partial charge in [-0.1, -0.05) is 48.0 Å². The molecule has 24 heavy (non-hydrogen) atoms. The zero-order valence-corrected chi connectivity index (χ0v) is 14.5. The second-order valence-corrected chi connectivity index (χ2v) is 6.68. The Kier molecular flexibility index (Phi) is 4.03. The number of aryl methyl sites for hydroxylation is 1. The molecule has 0 unspecified atom stereocenters. The van der Waals surface area contributed by atoms with Crippen LogP contribution in [0.2, 0.25) is 5.02 Å². The molecular formula is C20H20ClN3. The molecule has 1 aliphatic rings. The summed E-state index contributed by atoms with van der Waals surface area (Å²) in [4.78, 5) is 0. The lowest BCUT2D eigenvalue weighted by atomic mass is 10.0. The van der Waals surface area contributed by atoms with Gasteiger partial charge in [0.1, 0.15) is 5.82 Å². The SMILES string of the molecule is Cc1ccc(-n2nc(-c3ccccc3)c3c2NCCCC3)cc1Cl. The Bertz CT molecular complexity index is 868. The molecule has 0 fully saturated rings. The maximum Gasteiger partial charge on any atom is 0.133 e. The van der Waals surface area contributed by atoms with Crippen molar-refractivity contribution in [3.8, 4) is 16.9 Å². The van der Waals surface area contributed by atoms with Gasteiger partial charge in [0, 0.05) is 22.7 Å². The van der Waals surface area contributed by atoms with Gasteiger partial charge in [-0.25, -0.2) is 4.68 Å². The molecule has 1 aromatic heterocycles. The number of nitrogens with one attached hydrogen (secondary N) is 1. The van der Waals surface area contributed by atoms with Gasteiger partial charge in [0.2, 0.25) is 0 Å². The van der Waals surface area contributed by atoms with Gasteiger partial charge in [0.15, 0.2) is 0 Å². The number of nitrogens with zero attached hydrogens (tertiary/aromatic N) is 2. The maximum absolute atomic E-state index is 6.34. The summed E-state index contributed by atoms with van der Waals surface area (Å²) in [6, 6.07) is 16.5. The molecule has 0 amide bonds. The smallest absolute Gasteiger partial charge is 0.133 e. The first-order valence-electron chi connectivity index (χ1n) is 8.42. The number of halogens is 1. The Morgan fingerprint density at radius 3 is 2.71 bits per heavy atom. The highest BCUT2D eigenvalue weighted by Crippen LogP contribution is 2.34. The third kappa shape index (κ3) is 2.69. The second kappa shape index (κ2) is 6.33. The fourth-order valence-corrected chi connectivity index (χ4v) is 3.41. The summed E-state index contributed by atoms with van der Waals surface area (Å²) in [5.41, 5.74) is 5.61. The molecule has 3 aromatic rings. The average Bonchev–Trinajstić information content (AvgIpc) is 2.80. The summed E-state index contributed by atoms with van der Waals surface area (Å²) in [7, 11) is 0. The highest BCUT2D eigenvalue weighted by atomic mass is 35.5. The zero-order chi connectivity index (χ0) is 16.5. The molecule has 2 heterocycles. The molecule has 0 spiro atoms. The van der Waals surface area contributed by atoms with Crippen molar-refractivity contribution in [2.24, 2.45) is 0 Å². The van der Waals surface area contributed by atoms with E-state index in [0.29, 0.717) is 0 Å². The number of aromatic nitrogens is 2. The van der Waals surface area contributed by atoms with Crippen molar-refractivity contribution in [1.82, 2.24) is 9.78 Å². The number of hydrogen-bond donors (Lipinski definition) is 1. The number of fused-ring (bicyclic) bond motifs is 1. The van der Waals surface area contributed by atoms with Crippen molar-refractivity contribution in [1.29, 1.82) is 0 Å².